The second-order valence-corrected chi connectivity index (χ2v) is 6.97. The number of nitrogens with zero attached hydrogens (tertiary/aromatic N) is 1. The van der Waals surface area contributed by atoms with E-state index in [4.69, 9.17) is 5.73 Å². The van der Waals surface area contributed by atoms with Crippen LogP contribution in [0.1, 0.15) is 40.2 Å². The molecule has 0 aromatic heterocycles. The molecule has 1 rings (SSSR count). The van der Waals surface area contributed by atoms with Crippen LogP contribution in [0.3, 0.4) is 0 Å². The number of carbonyl (C=O) groups excluding carboxylic acids is 1. The topological polar surface area (TPSA) is 46.3 Å². The van der Waals surface area contributed by atoms with Crippen molar-refractivity contribution in [2.24, 2.45) is 5.41 Å². The Bertz CT molecular complexity index is 441. The molecule has 0 fully saturated rings. The van der Waals surface area contributed by atoms with Gasteiger partial charge in [0.2, 0.25) is 5.91 Å². The minimum Gasteiger partial charge on any atom is -0.399 e. The van der Waals surface area contributed by atoms with E-state index in [2.05, 4.69) is 20.8 Å². The third kappa shape index (κ3) is 3.98. The van der Waals surface area contributed by atoms with Gasteiger partial charge in [-0.1, -0.05) is 32.9 Å². The number of likely N-dealkylation sites (N-methyl/N-ethyl adjacent to an activating group) is 1. The fourth-order valence-corrected chi connectivity index (χ4v) is 2.28. The molecule has 3 heteroatoms. The summed E-state index contributed by atoms with van der Waals surface area (Å²) < 4.78 is 0. The second kappa shape index (κ2) is 5.24. The first-order valence-electron chi connectivity index (χ1n) is 6.65. The molecular weight excluding hydrogens is 236 g/mol. The van der Waals surface area contributed by atoms with E-state index in [1.807, 2.05) is 50.1 Å². The summed E-state index contributed by atoms with van der Waals surface area (Å²) in [6.45, 7) is 11.1. The average Bonchev–Trinajstić information content (AvgIpc) is 2.26. The lowest BCUT2D eigenvalue weighted by Crippen LogP contribution is -2.44. The predicted octanol–water partition coefficient (Wildman–Crippen LogP) is 3.05. The highest BCUT2D eigenvalue weighted by Gasteiger charge is 2.33. The Kier molecular flexibility index (Phi) is 4.28. The lowest BCUT2D eigenvalue weighted by atomic mass is 9.82. The quantitative estimate of drug-likeness (QED) is 0.851. The van der Waals surface area contributed by atoms with Crippen molar-refractivity contribution in [2.75, 3.05) is 19.3 Å². The van der Waals surface area contributed by atoms with E-state index in [0.717, 1.165) is 17.8 Å². The summed E-state index contributed by atoms with van der Waals surface area (Å²) in [5.74, 6) is 0.132. The number of carbonyl (C=O) groups is 1. The van der Waals surface area contributed by atoms with E-state index in [0.29, 0.717) is 0 Å². The van der Waals surface area contributed by atoms with E-state index in [1.54, 1.807) is 0 Å². The Morgan fingerprint density at radius 3 is 2.00 bits per heavy atom. The predicted molar refractivity (Wildman–Crippen MR) is 81.0 cm³/mol. The number of nitrogens with two attached hydrogens (primary N) is 1. The highest BCUT2D eigenvalue weighted by molar-refractivity contribution is 5.87. The van der Waals surface area contributed by atoms with Crippen molar-refractivity contribution in [1.29, 1.82) is 0 Å². The Morgan fingerprint density at radius 1 is 1.11 bits per heavy atom. The molecule has 1 aromatic carbocycles. The number of hydrogen-bond acceptors (Lipinski definition) is 2. The molecule has 0 aliphatic carbocycles. The first kappa shape index (κ1) is 15.5. The Hall–Kier alpha value is -1.51. The van der Waals surface area contributed by atoms with Crippen LogP contribution in [-0.4, -0.2) is 24.4 Å². The maximum atomic E-state index is 12.6. The largest absolute Gasteiger partial charge is 0.399 e. The van der Waals surface area contributed by atoms with E-state index in [1.165, 1.54) is 0 Å². The highest BCUT2D eigenvalue weighted by Crippen LogP contribution is 2.27. The zero-order valence-electron chi connectivity index (χ0n) is 12.9. The molecule has 0 bridgehead atoms. The van der Waals surface area contributed by atoms with Crippen LogP contribution in [-0.2, 0) is 10.2 Å². The van der Waals surface area contributed by atoms with Crippen LogP contribution >= 0.6 is 0 Å². The molecule has 0 spiro atoms. The first-order chi connectivity index (χ1) is 8.54. The van der Waals surface area contributed by atoms with Crippen LogP contribution in [0.15, 0.2) is 24.3 Å². The SMILES string of the molecule is CN(CC(C)(C)C)C(=O)C(C)(C)c1ccc(N)cc1. The Balaban J connectivity index is 2.93. The molecule has 3 nitrogen and oxygen atoms in total. The van der Waals surface area contributed by atoms with Crippen molar-refractivity contribution < 1.29 is 4.79 Å². The average molecular weight is 262 g/mol. The van der Waals surface area contributed by atoms with Gasteiger partial charge < -0.3 is 10.6 Å². The van der Waals surface area contributed by atoms with Crippen molar-refractivity contribution in [3.63, 3.8) is 0 Å². The van der Waals surface area contributed by atoms with Crippen molar-refractivity contribution in [3.8, 4) is 0 Å². The van der Waals surface area contributed by atoms with Crippen LogP contribution in [0.5, 0.6) is 0 Å². The molecule has 19 heavy (non-hydrogen) atoms. The van der Waals surface area contributed by atoms with Crippen LogP contribution < -0.4 is 5.73 Å². The molecule has 0 saturated heterocycles. The molecule has 0 aliphatic heterocycles. The molecule has 0 heterocycles. The van der Waals surface area contributed by atoms with Gasteiger partial charge in [-0.25, -0.2) is 0 Å². The van der Waals surface area contributed by atoms with Gasteiger partial charge in [0.05, 0.1) is 5.41 Å². The number of rotatable bonds is 3. The Labute approximate surface area is 116 Å². The number of benzene rings is 1. The smallest absolute Gasteiger partial charge is 0.232 e. The minimum absolute atomic E-state index is 0.0988. The molecule has 2 N–H and O–H groups in total. The Morgan fingerprint density at radius 2 is 1.58 bits per heavy atom. The number of hydrogen-bond donors (Lipinski definition) is 1. The zero-order chi connectivity index (χ0) is 14.8. The summed E-state index contributed by atoms with van der Waals surface area (Å²) in [5.41, 5.74) is 6.97. The summed E-state index contributed by atoms with van der Waals surface area (Å²) in [5, 5.41) is 0. The minimum atomic E-state index is -0.534. The lowest BCUT2D eigenvalue weighted by Gasteiger charge is -2.33. The summed E-state index contributed by atoms with van der Waals surface area (Å²) in [6, 6.07) is 7.54. The zero-order valence-corrected chi connectivity index (χ0v) is 12.9. The van der Waals surface area contributed by atoms with Crippen LogP contribution in [0.25, 0.3) is 0 Å². The van der Waals surface area contributed by atoms with Gasteiger partial charge in [-0.3, -0.25) is 4.79 Å². The van der Waals surface area contributed by atoms with Gasteiger partial charge in [-0.05, 0) is 37.0 Å². The van der Waals surface area contributed by atoms with Crippen molar-refractivity contribution in [2.45, 2.75) is 40.0 Å². The summed E-state index contributed by atoms with van der Waals surface area (Å²) in [4.78, 5) is 14.4. The summed E-state index contributed by atoms with van der Waals surface area (Å²) >= 11 is 0. The maximum absolute atomic E-state index is 12.6. The van der Waals surface area contributed by atoms with Gasteiger partial charge in [0, 0.05) is 19.3 Å². The number of amides is 1. The summed E-state index contributed by atoms with van der Waals surface area (Å²) in [6.07, 6.45) is 0. The third-order valence-corrected chi connectivity index (χ3v) is 3.23. The van der Waals surface area contributed by atoms with Crippen LogP contribution in [0.2, 0.25) is 0 Å². The van der Waals surface area contributed by atoms with Crippen LogP contribution in [0.4, 0.5) is 5.69 Å². The fraction of sp³-hybridized carbons (Fsp3) is 0.562. The third-order valence-electron chi connectivity index (χ3n) is 3.23. The van der Waals surface area contributed by atoms with Crippen molar-refractivity contribution in [1.82, 2.24) is 4.90 Å². The monoisotopic (exact) mass is 262 g/mol. The normalized spacial score (nSPS) is 12.3. The standard InChI is InChI=1S/C16H26N2O/c1-15(2,3)11-18(6)14(19)16(4,5)12-7-9-13(17)10-8-12/h7-10H,11,17H2,1-6H3. The molecule has 0 aliphatic rings. The summed E-state index contributed by atoms with van der Waals surface area (Å²) in [7, 11) is 1.87. The van der Waals surface area contributed by atoms with Crippen LogP contribution in [0, 0.1) is 5.41 Å². The molecule has 0 atom stereocenters. The number of anilines is 1. The van der Waals surface area contributed by atoms with E-state index < -0.39 is 5.41 Å². The van der Waals surface area contributed by atoms with E-state index in [-0.39, 0.29) is 11.3 Å². The van der Waals surface area contributed by atoms with Gasteiger partial charge in [-0.2, -0.15) is 0 Å². The maximum Gasteiger partial charge on any atom is 0.232 e. The lowest BCUT2D eigenvalue weighted by molar-refractivity contribution is -0.136. The van der Waals surface area contributed by atoms with Gasteiger partial charge in [0.1, 0.15) is 0 Å². The van der Waals surface area contributed by atoms with Gasteiger partial charge in [-0.15, -0.1) is 0 Å². The van der Waals surface area contributed by atoms with Gasteiger partial charge >= 0.3 is 0 Å². The molecule has 106 valence electrons. The first-order valence-corrected chi connectivity index (χ1v) is 6.65. The molecule has 1 aromatic rings. The van der Waals surface area contributed by atoms with E-state index in [9.17, 15) is 4.79 Å². The second-order valence-electron chi connectivity index (χ2n) is 6.97. The molecule has 0 unspecified atom stereocenters. The molecule has 1 amide bonds. The highest BCUT2D eigenvalue weighted by atomic mass is 16.2. The molecule has 0 radical (unpaired) electrons. The van der Waals surface area contributed by atoms with Gasteiger partial charge in [0.15, 0.2) is 0 Å². The van der Waals surface area contributed by atoms with Gasteiger partial charge in [0.25, 0.3) is 0 Å². The van der Waals surface area contributed by atoms with Crippen molar-refractivity contribution >= 4 is 11.6 Å². The molecule has 0 saturated carbocycles. The van der Waals surface area contributed by atoms with E-state index >= 15 is 0 Å². The number of nitrogen functional groups attached to an aromatic ring is 1. The van der Waals surface area contributed by atoms with Crippen molar-refractivity contribution in [3.05, 3.63) is 29.8 Å². The molecular formula is C16H26N2O. The fourth-order valence-electron chi connectivity index (χ4n) is 2.28.